The fourth-order valence-corrected chi connectivity index (χ4v) is 0.405. The van der Waals surface area contributed by atoms with Crippen molar-refractivity contribution in [3.05, 3.63) is 11.8 Å². The average Bonchev–Trinajstić information content (AvgIpc) is 1.98. The van der Waals surface area contributed by atoms with E-state index >= 15 is 0 Å². The molecule has 0 bridgehead atoms. The van der Waals surface area contributed by atoms with Crippen molar-refractivity contribution < 1.29 is 0 Å². The molecule has 2 heteroatoms. The lowest BCUT2D eigenvalue weighted by Gasteiger charge is -1.81. The molecule has 0 aliphatic carbocycles. The highest BCUT2D eigenvalue weighted by molar-refractivity contribution is 5.82. The van der Waals surface area contributed by atoms with Gasteiger partial charge in [0.25, 0.3) is 0 Å². The van der Waals surface area contributed by atoms with Gasteiger partial charge in [0.15, 0.2) is 0 Å². The standard InChI is InChI=1S/C8H10N2/c1-3-5-8(6-9)7-10-4-2/h4,6-7,9H,1-2H3/b8-7-,9-6?,10-4?. The molecule has 0 aromatic carbocycles. The molecule has 0 spiro atoms. The second-order valence-corrected chi connectivity index (χ2v) is 1.51. The summed E-state index contributed by atoms with van der Waals surface area (Å²) in [7, 11) is 0. The Morgan fingerprint density at radius 2 is 2.30 bits per heavy atom. The molecule has 52 valence electrons. The molecule has 0 rings (SSSR count). The van der Waals surface area contributed by atoms with Crippen molar-refractivity contribution in [3.63, 3.8) is 0 Å². The number of nitrogens with one attached hydrogen (secondary N) is 1. The van der Waals surface area contributed by atoms with Crippen molar-refractivity contribution in [1.82, 2.24) is 0 Å². The van der Waals surface area contributed by atoms with Crippen LogP contribution in [0.1, 0.15) is 13.8 Å². The summed E-state index contributed by atoms with van der Waals surface area (Å²) in [5.41, 5.74) is 0.626. The van der Waals surface area contributed by atoms with E-state index in [1.165, 1.54) is 6.21 Å². The Bertz CT molecular complexity index is 213. The summed E-state index contributed by atoms with van der Waals surface area (Å²) in [4.78, 5) is 3.82. The SMILES string of the molecule is CC#C/C(C=N)=C/N=CC. The number of allylic oxidation sites excluding steroid dienone is 1. The third kappa shape index (κ3) is 3.62. The van der Waals surface area contributed by atoms with Crippen LogP contribution >= 0.6 is 0 Å². The second kappa shape index (κ2) is 5.77. The Balaban J connectivity index is 4.28. The molecular weight excluding hydrogens is 124 g/mol. The maximum Gasteiger partial charge on any atom is 0.0603 e. The molecule has 0 atom stereocenters. The van der Waals surface area contributed by atoms with Crippen molar-refractivity contribution in [2.24, 2.45) is 4.99 Å². The monoisotopic (exact) mass is 134 g/mol. The molecule has 0 heterocycles. The molecule has 0 aromatic heterocycles. The molecule has 0 fully saturated rings. The first kappa shape index (κ1) is 8.64. The van der Waals surface area contributed by atoms with Gasteiger partial charge in [-0.3, -0.25) is 4.99 Å². The number of hydrogen-bond donors (Lipinski definition) is 1. The summed E-state index contributed by atoms with van der Waals surface area (Å²) in [5.74, 6) is 5.41. The van der Waals surface area contributed by atoms with E-state index in [1.807, 2.05) is 6.92 Å². The fourth-order valence-electron chi connectivity index (χ4n) is 0.405. The van der Waals surface area contributed by atoms with Crippen LogP contribution in [0.5, 0.6) is 0 Å². The Morgan fingerprint density at radius 3 is 2.70 bits per heavy atom. The van der Waals surface area contributed by atoms with Crippen LogP contribution in [0.3, 0.4) is 0 Å². The quantitative estimate of drug-likeness (QED) is 0.440. The molecule has 0 saturated heterocycles. The Kier molecular flexibility index (Phi) is 4.99. The van der Waals surface area contributed by atoms with Gasteiger partial charge in [0.05, 0.1) is 5.57 Å². The van der Waals surface area contributed by atoms with Crippen LogP contribution in [0, 0.1) is 17.3 Å². The number of nitrogens with zero attached hydrogens (tertiary/aromatic N) is 1. The minimum atomic E-state index is 0.626. The van der Waals surface area contributed by atoms with E-state index in [-0.39, 0.29) is 0 Å². The molecular formula is C8H10N2. The molecule has 0 aromatic rings. The van der Waals surface area contributed by atoms with Gasteiger partial charge in [-0.15, -0.1) is 5.92 Å². The fraction of sp³-hybridized carbons (Fsp3) is 0.250. The molecule has 0 aliphatic heterocycles. The lowest BCUT2D eigenvalue weighted by Crippen LogP contribution is -1.76. The predicted molar refractivity (Wildman–Crippen MR) is 44.5 cm³/mol. The summed E-state index contributed by atoms with van der Waals surface area (Å²) >= 11 is 0. The maximum atomic E-state index is 6.87. The van der Waals surface area contributed by atoms with E-state index in [1.54, 1.807) is 19.3 Å². The van der Waals surface area contributed by atoms with Gasteiger partial charge in [-0.25, -0.2) is 0 Å². The van der Waals surface area contributed by atoms with Crippen LogP contribution < -0.4 is 0 Å². The molecule has 0 aliphatic rings. The zero-order valence-electron chi connectivity index (χ0n) is 6.18. The van der Waals surface area contributed by atoms with E-state index in [0.29, 0.717) is 5.57 Å². The average molecular weight is 134 g/mol. The van der Waals surface area contributed by atoms with Crippen LogP contribution in [0.15, 0.2) is 16.8 Å². The second-order valence-electron chi connectivity index (χ2n) is 1.51. The van der Waals surface area contributed by atoms with Gasteiger partial charge in [-0.05, 0) is 13.8 Å². The van der Waals surface area contributed by atoms with E-state index in [4.69, 9.17) is 5.41 Å². The van der Waals surface area contributed by atoms with Crippen LogP contribution in [0.25, 0.3) is 0 Å². The highest BCUT2D eigenvalue weighted by atomic mass is 14.7. The summed E-state index contributed by atoms with van der Waals surface area (Å²) < 4.78 is 0. The summed E-state index contributed by atoms with van der Waals surface area (Å²) in [6.45, 7) is 3.55. The lowest BCUT2D eigenvalue weighted by atomic mass is 10.3. The topological polar surface area (TPSA) is 36.2 Å². The summed E-state index contributed by atoms with van der Waals surface area (Å²) in [6.07, 6.45) is 4.40. The van der Waals surface area contributed by atoms with E-state index < -0.39 is 0 Å². The van der Waals surface area contributed by atoms with Gasteiger partial charge in [-0.1, -0.05) is 5.92 Å². The lowest BCUT2D eigenvalue weighted by molar-refractivity contribution is 1.51. The zero-order valence-corrected chi connectivity index (χ0v) is 6.18. The van der Waals surface area contributed by atoms with Gasteiger partial charge in [-0.2, -0.15) is 0 Å². The number of aliphatic imine (C=N–C) groups is 1. The van der Waals surface area contributed by atoms with Crippen LogP contribution in [-0.4, -0.2) is 12.4 Å². The Hall–Kier alpha value is -1.36. The first-order valence-corrected chi connectivity index (χ1v) is 2.96. The molecule has 0 saturated carbocycles. The van der Waals surface area contributed by atoms with E-state index in [0.717, 1.165) is 0 Å². The van der Waals surface area contributed by atoms with Crippen LogP contribution in [-0.2, 0) is 0 Å². The third-order valence-corrected chi connectivity index (χ3v) is 0.788. The molecule has 2 nitrogen and oxygen atoms in total. The van der Waals surface area contributed by atoms with Crippen molar-refractivity contribution in [3.8, 4) is 11.8 Å². The zero-order chi connectivity index (χ0) is 7.82. The van der Waals surface area contributed by atoms with Gasteiger partial charge in [0.1, 0.15) is 0 Å². The summed E-state index contributed by atoms with van der Waals surface area (Å²) in [5, 5.41) is 6.87. The molecule has 0 amide bonds. The first-order chi connectivity index (χ1) is 4.85. The molecule has 0 radical (unpaired) electrons. The molecule has 0 unspecified atom stereocenters. The van der Waals surface area contributed by atoms with Crippen molar-refractivity contribution in [2.75, 3.05) is 0 Å². The van der Waals surface area contributed by atoms with Crippen molar-refractivity contribution in [1.29, 1.82) is 5.41 Å². The van der Waals surface area contributed by atoms with Gasteiger partial charge < -0.3 is 5.41 Å². The van der Waals surface area contributed by atoms with Crippen molar-refractivity contribution in [2.45, 2.75) is 13.8 Å². The van der Waals surface area contributed by atoms with Crippen LogP contribution in [0.4, 0.5) is 0 Å². The minimum Gasteiger partial charge on any atom is -0.307 e. The molecule has 1 N–H and O–H groups in total. The Morgan fingerprint density at radius 1 is 1.60 bits per heavy atom. The van der Waals surface area contributed by atoms with Gasteiger partial charge >= 0.3 is 0 Å². The number of hydrogen-bond acceptors (Lipinski definition) is 2. The third-order valence-electron chi connectivity index (χ3n) is 0.788. The highest BCUT2D eigenvalue weighted by Crippen LogP contribution is 1.86. The largest absolute Gasteiger partial charge is 0.307 e. The van der Waals surface area contributed by atoms with E-state index in [9.17, 15) is 0 Å². The first-order valence-electron chi connectivity index (χ1n) is 2.96. The van der Waals surface area contributed by atoms with E-state index in [2.05, 4.69) is 16.8 Å². The molecule has 10 heavy (non-hydrogen) atoms. The minimum absolute atomic E-state index is 0.626. The van der Waals surface area contributed by atoms with Crippen LogP contribution in [0.2, 0.25) is 0 Å². The highest BCUT2D eigenvalue weighted by Gasteiger charge is 1.79. The van der Waals surface area contributed by atoms with Crippen molar-refractivity contribution >= 4 is 12.4 Å². The normalized spacial score (nSPS) is 10.8. The predicted octanol–water partition coefficient (Wildman–Crippen LogP) is 1.63. The Labute approximate surface area is 61.2 Å². The number of rotatable bonds is 2. The summed E-state index contributed by atoms with van der Waals surface area (Å²) in [6, 6.07) is 0. The maximum absolute atomic E-state index is 6.87. The van der Waals surface area contributed by atoms with Gasteiger partial charge in [0, 0.05) is 18.6 Å². The van der Waals surface area contributed by atoms with Gasteiger partial charge in [0.2, 0.25) is 0 Å². The smallest absolute Gasteiger partial charge is 0.0603 e.